The van der Waals surface area contributed by atoms with Gasteiger partial charge in [-0.05, 0) is 38.0 Å². The summed E-state index contributed by atoms with van der Waals surface area (Å²) in [4.78, 5) is 35.9. The van der Waals surface area contributed by atoms with E-state index in [4.69, 9.17) is 9.15 Å². The van der Waals surface area contributed by atoms with Crippen molar-refractivity contribution >= 4 is 22.8 Å². The molecule has 0 aliphatic rings. The summed E-state index contributed by atoms with van der Waals surface area (Å²) in [5.74, 6) is -1.29. The third kappa shape index (κ3) is 4.48. The summed E-state index contributed by atoms with van der Waals surface area (Å²) in [5, 5.41) is 14.3. The zero-order chi connectivity index (χ0) is 20.1. The van der Waals surface area contributed by atoms with Crippen LogP contribution in [0.1, 0.15) is 42.9 Å². The molecule has 0 unspecified atom stereocenters. The largest absolute Gasteiger partial charge is 0.548 e. The minimum absolute atomic E-state index is 0.206. The van der Waals surface area contributed by atoms with Crippen LogP contribution in [0.2, 0.25) is 0 Å². The number of fused-ring (bicyclic) bond motifs is 1. The van der Waals surface area contributed by atoms with E-state index in [2.05, 4.69) is 5.32 Å². The van der Waals surface area contributed by atoms with E-state index in [9.17, 15) is 19.5 Å². The highest BCUT2D eigenvalue weighted by molar-refractivity contribution is 5.88. The maximum absolute atomic E-state index is 12.4. The Kier molecular flexibility index (Phi) is 6.60. The van der Waals surface area contributed by atoms with Crippen LogP contribution in [0.15, 0.2) is 21.3 Å². The number of methoxy groups -OCH3 is 1. The Hall–Kier alpha value is -2.83. The number of unbranched alkanes of at least 4 members (excludes halogenated alkanes) is 1. The van der Waals surface area contributed by atoms with E-state index in [1.807, 2.05) is 6.92 Å². The Labute approximate surface area is 157 Å². The smallest absolute Gasteiger partial charge is 0.340 e. The molecule has 0 aliphatic carbocycles. The molecule has 1 amide bonds. The molecule has 7 heteroatoms. The number of aryl methyl sites for hydroxylation is 2. The number of carboxylic acid groups (broad SMARTS) is 1. The summed E-state index contributed by atoms with van der Waals surface area (Å²) >= 11 is 0. The lowest BCUT2D eigenvalue weighted by atomic mass is 10.0. The molecule has 0 bridgehead atoms. The molecule has 0 saturated heterocycles. The van der Waals surface area contributed by atoms with Gasteiger partial charge in [-0.3, -0.25) is 4.79 Å². The molecule has 1 aromatic carbocycles. The van der Waals surface area contributed by atoms with Crippen LogP contribution < -0.4 is 20.8 Å². The average Bonchev–Trinajstić information content (AvgIpc) is 2.62. The van der Waals surface area contributed by atoms with Crippen molar-refractivity contribution in [1.29, 1.82) is 0 Å². The number of carbonyl (C=O) groups excluding carboxylic acids is 2. The van der Waals surface area contributed by atoms with Crippen LogP contribution in [-0.2, 0) is 16.0 Å². The summed E-state index contributed by atoms with van der Waals surface area (Å²) < 4.78 is 10.7. The maximum Gasteiger partial charge on any atom is 0.340 e. The maximum atomic E-state index is 12.4. The van der Waals surface area contributed by atoms with Gasteiger partial charge in [0, 0.05) is 10.9 Å². The molecule has 0 spiro atoms. The van der Waals surface area contributed by atoms with Crippen molar-refractivity contribution in [2.45, 2.75) is 52.5 Å². The Morgan fingerprint density at radius 3 is 2.56 bits per heavy atom. The number of benzene rings is 1. The minimum atomic E-state index is -1.33. The molecule has 146 valence electrons. The lowest BCUT2D eigenvalue weighted by Crippen LogP contribution is -2.48. The van der Waals surface area contributed by atoms with Gasteiger partial charge in [0.2, 0.25) is 5.91 Å². The van der Waals surface area contributed by atoms with Crippen molar-refractivity contribution in [3.63, 3.8) is 0 Å². The van der Waals surface area contributed by atoms with E-state index in [1.165, 1.54) is 7.11 Å². The Bertz CT molecular complexity index is 915. The Balaban J connectivity index is 2.32. The molecule has 0 radical (unpaired) electrons. The monoisotopic (exact) mass is 374 g/mol. The van der Waals surface area contributed by atoms with Crippen LogP contribution in [0.5, 0.6) is 5.75 Å². The van der Waals surface area contributed by atoms with Crippen LogP contribution in [-0.4, -0.2) is 25.0 Å². The number of amides is 1. The summed E-state index contributed by atoms with van der Waals surface area (Å²) in [6, 6.07) is 2.47. The second-order valence-corrected chi connectivity index (χ2v) is 6.52. The highest BCUT2D eigenvalue weighted by Crippen LogP contribution is 2.29. The molecule has 0 saturated carbocycles. The molecule has 1 aromatic heterocycles. The van der Waals surface area contributed by atoms with Crippen LogP contribution in [0.25, 0.3) is 11.0 Å². The van der Waals surface area contributed by atoms with Crippen molar-refractivity contribution in [1.82, 2.24) is 5.32 Å². The van der Waals surface area contributed by atoms with Crippen LogP contribution in [0.3, 0.4) is 0 Å². The number of ether oxygens (including phenoxy) is 1. The fraction of sp³-hybridized carbons (Fsp3) is 0.450. The normalized spacial score (nSPS) is 12.0. The summed E-state index contributed by atoms with van der Waals surface area (Å²) in [6.45, 7) is 5.45. The van der Waals surface area contributed by atoms with Gasteiger partial charge in [-0.25, -0.2) is 4.79 Å². The number of hydrogen-bond acceptors (Lipinski definition) is 6. The number of carboxylic acids is 1. The van der Waals surface area contributed by atoms with Crippen LogP contribution in [0.4, 0.5) is 0 Å². The lowest BCUT2D eigenvalue weighted by Gasteiger charge is -2.19. The summed E-state index contributed by atoms with van der Waals surface area (Å²) in [5.41, 5.74) is 1.32. The molecular weight excluding hydrogens is 350 g/mol. The predicted molar refractivity (Wildman–Crippen MR) is 98.7 cm³/mol. The van der Waals surface area contributed by atoms with Gasteiger partial charge in [0.1, 0.15) is 11.3 Å². The van der Waals surface area contributed by atoms with E-state index in [1.54, 1.807) is 26.0 Å². The molecule has 2 rings (SSSR count). The second kappa shape index (κ2) is 8.70. The van der Waals surface area contributed by atoms with Gasteiger partial charge in [0.15, 0.2) is 0 Å². The van der Waals surface area contributed by atoms with E-state index >= 15 is 0 Å². The van der Waals surface area contributed by atoms with Crippen molar-refractivity contribution in [3.05, 3.63) is 39.2 Å². The summed E-state index contributed by atoms with van der Waals surface area (Å²) in [7, 11) is 1.53. The number of rotatable bonds is 8. The van der Waals surface area contributed by atoms with Gasteiger partial charge in [-0.15, -0.1) is 0 Å². The first kappa shape index (κ1) is 20.5. The second-order valence-electron chi connectivity index (χ2n) is 6.52. The Morgan fingerprint density at radius 1 is 1.26 bits per heavy atom. The average molecular weight is 374 g/mol. The minimum Gasteiger partial charge on any atom is -0.548 e. The quantitative estimate of drug-likeness (QED) is 0.700. The SMILES string of the molecule is CCCC[C@@H](NC(=O)Cc1c(C)c2ccc(OC)c(C)c2oc1=O)C(=O)[O-]. The molecule has 0 fully saturated rings. The van der Waals surface area contributed by atoms with Crippen molar-refractivity contribution in [2.75, 3.05) is 7.11 Å². The first-order chi connectivity index (χ1) is 12.8. The van der Waals surface area contributed by atoms with Gasteiger partial charge in [0.05, 0.1) is 31.1 Å². The Morgan fingerprint density at radius 2 is 1.96 bits per heavy atom. The van der Waals surface area contributed by atoms with Crippen LogP contribution >= 0.6 is 0 Å². The highest BCUT2D eigenvalue weighted by atomic mass is 16.5. The molecule has 1 atom stereocenters. The van der Waals surface area contributed by atoms with Gasteiger partial charge < -0.3 is 24.4 Å². The van der Waals surface area contributed by atoms with Crippen molar-refractivity contribution in [3.8, 4) is 5.75 Å². The van der Waals surface area contributed by atoms with Crippen LogP contribution in [0, 0.1) is 13.8 Å². The molecule has 1 heterocycles. The van der Waals surface area contributed by atoms with Gasteiger partial charge >= 0.3 is 5.63 Å². The van der Waals surface area contributed by atoms with Crippen molar-refractivity contribution in [2.24, 2.45) is 0 Å². The molecule has 1 N–H and O–H groups in total. The fourth-order valence-electron chi connectivity index (χ4n) is 3.06. The van der Waals surface area contributed by atoms with E-state index in [0.717, 1.165) is 6.42 Å². The standard InChI is InChI=1S/C20H25NO6/c1-5-6-7-15(19(23)24)21-17(22)10-14-11(2)13-8-9-16(26-4)12(3)18(13)27-20(14)25/h8-9,15H,5-7,10H2,1-4H3,(H,21,22)(H,23,24)/p-1/t15-/m1/s1. The summed E-state index contributed by atoms with van der Waals surface area (Å²) in [6.07, 6.45) is 1.48. The van der Waals surface area contributed by atoms with Gasteiger partial charge in [0.25, 0.3) is 0 Å². The molecule has 2 aromatic rings. The molecule has 0 aliphatic heterocycles. The third-order valence-corrected chi connectivity index (χ3v) is 4.68. The zero-order valence-electron chi connectivity index (χ0n) is 16.0. The number of hydrogen-bond donors (Lipinski definition) is 1. The fourth-order valence-corrected chi connectivity index (χ4v) is 3.06. The van der Waals surface area contributed by atoms with Gasteiger partial charge in [-0.2, -0.15) is 0 Å². The molecular formula is C20H24NO6-. The topological polar surface area (TPSA) is 109 Å². The number of carbonyl (C=O) groups is 2. The van der Waals surface area contributed by atoms with E-state index in [-0.39, 0.29) is 18.4 Å². The first-order valence-corrected chi connectivity index (χ1v) is 8.90. The lowest BCUT2D eigenvalue weighted by molar-refractivity contribution is -0.308. The van der Waals surface area contributed by atoms with Gasteiger partial charge in [-0.1, -0.05) is 19.8 Å². The van der Waals surface area contributed by atoms with E-state index in [0.29, 0.717) is 34.3 Å². The zero-order valence-corrected chi connectivity index (χ0v) is 16.0. The predicted octanol–water partition coefficient (Wildman–Crippen LogP) is 1.39. The molecule has 27 heavy (non-hydrogen) atoms. The number of aliphatic carboxylic acids is 1. The third-order valence-electron chi connectivity index (χ3n) is 4.68. The molecule has 7 nitrogen and oxygen atoms in total. The van der Waals surface area contributed by atoms with Crippen molar-refractivity contribution < 1.29 is 23.8 Å². The first-order valence-electron chi connectivity index (χ1n) is 8.90. The number of nitrogens with one attached hydrogen (secondary N) is 1. The van der Waals surface area contributed by atoms with E-state index < -0.39 is 23.5 Å². The highest BCUT2D eigenvalue weighted by Gasteiger charge is 2.19.